The average molecular weight is 368 g/mol. The van der Waals surface area contributed by atoms with E-state index < -0.39 is 0 Å². The van der Waals surface area contributed by atoms with Crippen molar-refractivity contribution in [3.63, 3.8) is 0 Å². The van der Waals surface area contributed by atoms with Crippen molar-refractivity contribution in [3.8, 4) is 16.9 Å². The molecule has 4 aromatic rings. The number of rotatable bonds is 5. The predicted molar refractivity (Wildman–Crippen MR) is 109 cm³/mol. The zero-order chi connectivity index (χ0) is 19.3. The van der Waals surface area contributed by atoms with E-state index in [2.05, 4.69) is 0 Å². The number of nitrogens with zero attached hydrogens (tertiary/aromatic N) is 2. The van der Waals surface area contributed by atoms with E-state index in [9.17, 15) is 9.18 Å². The standard InChI is InChI=1S/C24H17FN2O/c25-21-14-11-18(12-15-21)23(28)16-13-20-17-27(22-9-5-2-6-10-22)26-24(20)19-7-3-1-4-8-19/h1-17H. The van der Waals surface area contributed by atoms with Crippen LogP contribution in [0, 0.1) is 5.82 Å². The van der Waals surface area contributed by atoms with E-state index in [1.54, 1.807) is 10.8 Å². The minimum atomic E-state index is -0.365. The van der Waals surface area contributed by atoms with Gasteiger partial charge in [0.25, 0.3) is 0 Å². The van der Waals surface area contributed by atoms with Crippen LogP contribution in [0.15, 0.2) is 97.2 Å². The first-order valence-electron chi connectivity index (χ1n) is 8.89. The van der Waals surface area contributed by atoms with Gasteiger partial charge in [0.2, 0.25) is 0 Å². The summed E-state index contributed by atoms with van der Waals surface area (Å²) in [6.45, 7) is 0. The Hall–Kier alpha value is -3.79. The van der Waals surface area contributed by atoms with Gasteiger partial charge in [-0.25, -0.2) is 9.07 Å². The minimum Gasteiger partial charge on any atom is -0.289 e. The third-order valence-corrected chi connectivity index (χ3v) is 4.35. The van der Waals surface area contributed by atoms with Crippen LogP contribution in [0.3, 0.4) is 0 Å². The van der Waals surface area contributed by atoms with Crippen molar-refractivity contribution in [2.45, 2.75) is 0 Å². The first kappa shape index (κ1) is 17.6. The molecule has 0 atom stereocenters. The molecule has 0 saturated carbocycles. The number of allylic oxidation sites excluding steroid dienone is 1. The number of hydrogen-bond donors (Lipinski definition) is 0. The van der Waals surface area contributed by atoms with E-state index in [1.807, 2.05) is 66.9 Å². The topological polar surface area (TPSA) is 34.9 Å². The van der Waals surface area contributed by atoms with Crippen molar-refractivity contribution in [2.75, 3.05) is 0 Å². The second-order valence-electron chi connectivity index (χ2n) is 6.28. The average Bonchev–Trinajstić information content (AvgIpc) is 3.18. The van der Waals surface area contributed by atoms with Crippen molar-refractivity contribution < 1.29 is 9.18 Å². The number of benzene rings is 3. The maximum Gasteiger partial charge on any atom is 0.185 e. The molecule has 0 bridgehead atoms. The van der Waals surface area contributed by atoms with Gasteiger partial charge in [0.15, 0.2) is 5.78 Å². The summed E-state index contributed by atoms with van der Waals surface area (Å²) in [6, 6.07) is 25.1. The summed E-state index contributed by atoms with van der Waals surface area (Å²) in [5.74, 6) is -0.553. The quantitative estimate of drug-likeness (QED) is 0.341. The van der Waals surface area contributed by atoms with Gasteiger partial charge in [-0.15, -0.1) is 0 Å². The van der Waals surface area contributed by atoms with Gasteiger partial charge < -0.3 is 0 Å². The first-order chi connectivity index (χ1) is 13.7. The summed E-state index contributed by atoms with van der Waals surface area (Å²) < 4.78 is 14.9. The summed E-state index contributed by atoms with van der Waals surface area (Å²) >= 11 is 0. The van der Waals surface area contributed by atoms with E-state index >= 15 is 0 Å². The highest BCUT2D eigenvalue weighted by Crippen LogP contribution is 2.25. The van der Waals surface area contributed by atoms with Gasteiger partial charge in [-0.3, -0.25) is 4.79 Å². The molecule has 3 nitrogen and oxygen atoms in total. The number of aromatic nitrogens is 2. The van der Waals surface area contributed by atoms with E-state index in [0.29, 0.717) is 5.56 Å². The molecule has 4 rings (SSSR count). The van der Waals surface area contributed by atoms with Crippen LogP contribution in [0.25, 0.3) is 23.0 Å². The SMILES string of the molecule is O=C(C=Cc1cn(-c2ccccc2)nc1-c1ccccc1)c1ccc(F)cc1. The molecule has 0 amide bonds. The molecule has 0 N–H and O–H groups in total. The molecule has 0 aliphatic rings. The van der Waals surface area contributed by atoms with E-state index in [0.717, 1.165) is 22.5 Å². The summed E-state index contributed by atoms with van der Waals surface area (Å²) in [7, 11) is 0. The fourth-order valence-corrected chi connectivity index (χ4v) is 2.92. The zero-order valence-electron chi connectivity index (χ0n) is 15.0. The summed E-state index contributed by atoms with van der Waals surface area (Å²) in [5, 5.41) is 4.72. The second kappa shape index (κ2) is 7.84. The summed E-state index contributed by atoms with van der Waals surface area (Å²) in [6.07, 6.45) is 5.14. The normalized spacial score (nSPS) is 11.0. The third kappa shape index (κ3) is 3.81. The lowest BCUT2D eigenvalue weighted by atomic mass is 10.1. The Morgan fingerprint density at radius 3 is 2.18 bits per heavy atom. The molecule has 28 heavy (non-hydrogen) atoms. The summed E-state index contributed by atoms with van der Waals surface area (Å²) in [4.78, 5) is 12.4. The van der Waals surface area contributed by atoms with Crippen LogP contribution < -0.4 is 0 Å². The van der Waals surface area contributed by atoms with Crippen molar-refractivity contribution in [1.82, 2.24) is 9.78 Å². The Labute approximate surface area is 162 Å². The van der Waals surface area contributed by atoms with Crippen molar-refractivity contribution >= 4 is 11.9 Å². The van der Waals surface area contributed by atoms with Crippen molar-refractivity contribution in [2.24, 2.45) is 0 Å². The van der Waals surface area contributed by atoms with Gasteiger partial charge >= 0.3 is 0 Å². The molecule has 0 spiro atoms. The Balaban J connectivity index is 1.71. The second-order valence-corrected chi connectivity index (χ2v) is 6.28. The molecule has 136 valence electrons. The highest BCUT2D eigenvalue weighted by molar-refractivity contribution is 6.07. The number of halogens is 1. The number of hydrogen-bond acceptors (Lipinski definition) is 2. The van der Waals surface area contributed by atoms with Crippen LogP contribution in [-0.4, -0.2) is 15.6 Å². The van der Waals surface area contributed by atoms with Crippen LogP contribution in [-0.2, 0) is 0 Å². The van der Waals surface area contributed by atoms with Crippen LogP contribution >= 0.6 is 0 Å². The molecule has 3 aromatic carbocycles. The third-order valence-electron chi connectivity index (χ3n) is 4.35. The van der Waals surface area contributed by atoms with Gasteiger partial charge in [0.05, 0.1) is 11.4 Å². The fraction of sp³-hybridized carbons (Fsp3) is 0. The minimum absolute atomic E-state index is 0.188. The monoisotopic (exact) mass is 368 g/mol. The largest absolute Gasteiger partial charge is 0.289 e. The van der Waals surface area contributed by atoms with Crippen molar-refractivity contribution in [3.05, 3.63) is 114 Å². The lowest BCUT2D eigenvalue weighted by molar-refractivity contribution is 0.104. The fourth-order valence-electron chi connectivity index (χ4n) is 2.92. The van der Waals surface area contributed by atoms with Crippen LogP contribution in [0.5, 0.6) is 0 Å². The highest BCUT2D eigenvalue weighted by atomic mass is 19.1. The van der Waals surface area contributed by atoms with Gasteiger partial charge in [-0.1, -0.05) is 48.5 Å². The molecule has 1 heterocycles. The maximum atomic E-state index is 13.1. The van der Waals surface area contributed by atoms with Crippen LogP contribution in [0.1, 0.15) is 15.9 Å². The van der Waals surface area contributed by atoms with Crippen molar-refractivity contribution in [1.29, 1.82) is 0 Å². The number of carbonyl (C=O) groups excluding carboxylic acids is 1. The van der Waals surface area contributed by atoms with E-state index in [-0.39, 0.29) is 11.6 Å². The zero-order valence-corrected chi connectivity index (χ0v) is 15.0. The Morgan fingerprint density at radius 2 is 1.50 bits per heavy atom. The Kier molecular flexibility index (Phi) is 4.93. The number of carbonyl (C=O) groups is 1. The number of para-hydroxylation sites is 1. The maximum absolute atomic E-state index is 13.1. The molecule has 0 unspecified atom stereocenters. The molecule has 0 aliphatic carbocycles. The predicted octanol–water partition coefficient (Wildman–Crippen LogP) is 5.57. The van der Waals surface area contributed by atoms with Gasteiger partial charge in [0.1, 0.15) is 5.82 Å². The summed E-state index contributed by atoms with van der Waals surface area (Å²) in [5.41, 5.74) is 3.95. The molecular formula is C24H17FN2O. The van der Waals surface area contributed by atoms with E-state index in [4.69, 9.17) is 5.10 Å². The lowest BCUT2D eigenvalue weighted by Gasteiger charge is -2.00. The van der Waals surface area contributed by atoms with Gasteiger partial charge in [-0.05, 0) is 48.6 Å². The lowest BCUT2D eigenvalue weighted by Crippen LogP contribution is -1.93. The highest BCUT2D eigenvalue weighted by Gasteiger charge is 2.11. The smallest absolute Gasteiger partial charge is 0.185 e. The molecule has 0 saturated heterocycles. The Bertz CT molecular complexity index is 1110. The van der Waals surface area contributed by atoms with Gasteiger partial charge in [0, 0.05) is 22.9 Å². The molecular weight excluding hydrogens is 351 g/mol. The molecule has 4 heteroatoms. The Morgan fingerprint density at radius 1 is 0.857 bits per heavy atom. The van der Waals surface area contributed by atoms with Crippen LogP contribution in [0.4, 0.5) is 4.39 Å². The molecule has 0 aliphatic heterocycles. The first-order valence-corrected chi connectivity index (χ1v) is 8.89. The number of ketones is 1. The molecule has 0 fully saturated rings. The van der Waals surface area contributed by atoms with Crippen LogP contribution in [0.2, 0.25) is 0 Å². The van der Waals surface area contributed by atoms with E-state index in [1.165, 1.54) is 30.3 Å². The van der Waals surface area contributed by atoms with Gasteiger partial charge in [-0.2, -0.15) is 5.10 Å². The molecule has 0 radical (unpaired) electrons. The molecule has 1 aromatic heterocycles.